The Morgan fingerprint density at radius 1 is 1.16 bits per heavy atom. The van der Waals surface area contributed by atoms with Gasteiger partial charge in [-0.1, -0.05) is 18.2 Å². The van der Waals surface area contributed by atoms with Gasteiger partial charge in [-0.3, -0.25) is 4.79 Å². The molecule has 0 aliphatic carbocycles. The summed E-state index contributed by atoms with van der Waals surface area (Å²) in [5, 5.41) is 3.02. The summed E-state index contributed by atoms with van der Waals surface area (Å²) in [6, 6.07) is 10.3. The molecule has 32 heavy (non-hydrogen) atoms. The van der Waals surface area contributed by atoms with Crippen LogP contribution in [-0.2, 0) is 17.6 Å². The van der Waals surface area contributed by atoms with Crippen LogP contribution in [0.15, 0.2) is 47.6 Å². The van der Waals surface area contributed by atoms with Gasteiger partial charge in [-0.25, -0.2) is 4.98 Å². The second-order valence-corrected chi connectivity index (χ2v) is 8.26. The number of aromatic nitrogens is 1. The third-order valence-electron chi connectivity index (χ3n) is 4.79. The number of hydrogen-bond donors (Lipinski definition) is 0. The fraction of sp³-hybridized carbons (Fsp3) is 0.273. The van der Waals surface area contributed by atoms with Crippen molar-refractivity contribution < 1.29 is 22.7 Å². The van der Waals surface area contributed by atoms with Gasteiger partial charge in [-0.15, -0.1) is 16.2 Å². The number of nitroso groups, excluding NO2 is 1. The van der Waals surface area contributed by atoms with Crippen molar-refractivity contribution in [3.8, 4) is 16.3 Å². The lowest BCUT2D eigenvalue weighted by Crippen LogP contribution is -2.24. The smallest absolute Gasteiger partial charge is 0.416 e. The van der Waals surface area contributed by atoms with E-state index in [1.165, 1.54) is 23.5 Å². The molecule has 6 nitrogen and oxygen atoms in total. The van der Waals surface area contributed by atoms with Gasteiger partial charge in [0.05, 0.1) is 16.1 Å². The number of amides is 1. The number of carbonyl (C=O) groups is 1. The maximum atomic E-state index is 12.8. The number of aryl methyl sites for hydroxylation is 2. The molecule has 0 bridgehead atoms. The van der Waals surface area contributed by atoms with Crippen LogP contribution in [0.25, 0.3) is 10.6 Å². The zero-order chi connectivity index (χ0) is 23.5. The number of alkyl halides is 3. The van der Waals surface area contributed by atoms with Crippen LogP contribution >= 0.6 is 11.3 Å². The molecule has 0 N–H and O–H groups in total. The topological polar surface area (TPSA) is 71.9 Å². The molecule has 0 spiro atoms. The zero-order valence-corrected chi connectivity index (χ0v) is 18.4. The molecule has 2 aromatic carbocycles. The number of hydrogen-bond acceptors (Lipinski definition) is 6. The Kier molecular flexibility index (Phi) is 6.93. The van der Waals surface area contributed by atoms with Crippen LogP contribution in [0.2, 0.25) is 0 Å². The van der Waals surface area contributed by atoms with Gasteiger partial charge in [0, 0.05) is 29.5 Å². The monoisotopic (exact) mass is 463 g/mol. The van der Waals surface area contributed by atoms with E-state index in [1.54, 1.807) is 24.1 Å². The molecular weight excluding hydrogens is 443 g/mol. The number of thiazole rings is 1. The first-order chi connectivity index (χ1) is 15.1. The Labute approximate surface area is 186 Å². The fourth-order valence-electron chi connectivity index (χ4n) is 3.04. The van der Waals surface area contributed by atoms with Crippen molar-refractivity contribution in [2.24, 2.45) is 5.18 Å². The molecule has 3 rings (SSSR count). The Balaban J connectivity index is 1.73. The van der Waals surface area contributed by atoms with E-state index in [2.05, 4.69) is 10.2 Å². The molecule has 0 aliphatic heterocycles. The maximum absolute atomic E-state index is 12.8. The number of anilines is 1. The average molecular weight is 463 g/mol. The number of ether oxygens (including phenoxy) is 1. The molecule has 3 aromatic rings. The van der Waals surface area contributed by atoms with Crippen molar-refractivity contribution in [2.75, 3.05) is 18.5 Å². The molecule has 1 aromatic heterocycles. The normalized spacial score (nSPS) is 11.3. The third kappa shape index (κ3) is 5.50. The summed E-state index contributed by atoms with van der Waals surface area (Å²) in [4.78, 5) is 28.6. The highest BCUT2D eigenvalue weighted by Gasteiger charge is 2.30. The maximum Gasteiger partial charge on any atom is 0.416 e. The van der Waals surface area contributed by atoms with Gasteiger partial charge in [0.1, 0.15) is 23.9 Å². The molecule has 0 atom stereocenters. The highest BCUT2D eigenvalue weighted by molar-refractivity contribution is 7.15. The first-order valence-electron chi connectivity index (χ1n) is 9.53. The predicted molar refractivity (Wildman–Crippen MR) is 117 cm³/mol. The minimum atomic E-state index is -4.38. The fourth-order valence-corrected chi connectivity index (χ4v) is 4.02. The summed E-state index contributed by atoms with van der Waals surface area (Å²) >= 11 is 1.35. The van der Waals surface area contributed by atoms with Crippen molar-refractivity contribution >= 4 is 22.9 Å². The van der Waals surface area contributed by atoms with Crippen LogP contribution in [0.5, 0.6) is 5.75 Å². The highest BCUT2D eigenvalue weighted by Crippen LogP contribution is 2.33. The van der Waals surface area contributed by atoms with E-state index < -0.39 is 17.6 Å². The minimum absolute atomic E-state index is 0.141. The molecule has 1 amide bonds. The number of nitrogens with zero attached hydrogens (tertiary/aromatic N) is 3. The Bertz CT molecular complexity index is 1130. The van der Waals surface area contributed by atoms with E-state index in [0.29, 0.717) is 16.3 Å². The molecule has 0 radical (unpaired) electrons. The van der Waals surface area contributed by atoms with Crippen LogP contribution < -0.4 is 9.64 Å². The Hall–Kier alpha value is -3.27. The van der Waals surface area contributed by atoms with Gasteiger partial charge in [0.15, 0.2) is 0 Å². The standard InChI is InChI=1S/C22H20F3N3O3S/c1-13-4-9-17(10-18(13)28(3)11-20(29)27-30)31-12-19-14(2)26-21(32-19)15-5-7-16(8-6-15)22(23,24)25/h4-10H,11-12H2,1-3H3. The number of rotatable bonds is 7. The number of benzene rings is 2. The molecular formula is C22H20F3N3O3S. The van der Waals surface area contributed by atoms with E-state index in [1.807, 2.05) is 19.9 Å². The molecule has 10 heteroatoms. The van der Waals surface area contributed by atoms with Crippen molar-refractivity contribution in [1.29, 1.82) is 0 Å². The zero-order valence-electron chi connectivity index (χ0n) is 17.6. The highest BCUT2D eigenvalue weighted by atomic mass is 32.1. The summed E-state index contributed by atoms with van der Waals surface area (Å²) in [7, 11) is 1.68. The summed E-state index contributed by atoms with van der Waals surface area (Å²) in [6.07, 6.45) is -4.38. The lowest BCUT2D eigenvalue weighted by molar-refractivity contribution is -0.137. The molecule has 0 saturated heterocycles. The van der Waals surface area contributed by atoms with Crippen molar-refractivity contribution in [3.63, 3.8) is 0 Å². The number of carbonyl (C=O) groups excluding carboxylic acids is 1. The molecule has 0 unspecified atom stereocenters. The first kappa shape index (κ1) is 23.4. The summed E-state index contributed by atoms with van der Waals surface area (Å²) in [6.45, 7) is 3.77. The van der Waals surface area contributed by atoms with Crippen molar-refractivity contribution in [2.45, 2.75) is 26.6 Å². The van der Waals surface area contributed by atoms with Crippen molar-refractivity contribution in [3.05, 3.63) is 69.1 Å². The third-order valence-corrected chi connectivity index (χ3v) is 5.97. The van der Waals surface area contributed by atoms with E-state index in [9.17, 15) is 22.9 Å². The minimum Gasteiger partial charge on any atom is -0.488 e. The molecule has 0 fully saturated rings. The van der Waals surface area contributed by atoms with Crippen molar-refractivity contribution in [1.82, 2.24) is 4.98 Å². The molecule has 1 heterocycles. The molecule has 0 saturated carbocycles. The van der Waals surface area contributed by atoms with Gasteiger partial charge in [0.25, 0.3) is 0 Å². The summed E-state index contributed by atoms with van der Waals surface area (Å²) < 4.78 is 44.2. The van der Waals surface area contributed by atoms with E-state index in [4.69, 9.17) is 4.74 Å². The second kappa shape index (κ2) is 9.47. The van der Waals surface area contributed by atoms with Gasteiger partial charge in [-0.05, 0) is 37.6 Å². The van der Waals surface area contributed by atoms with Gasteiger partial charge < -0.3 is 9.64 Å². The Morgan fingerprint density at radius 2 is 1.84 bits per heavy atom. The van der Waals surface area contributed by atoms with Crippen LogP contribution in [0, 0.1) is 18.8 Å². The summed E-state index contributed by atoms with van der Waals surface area (Å²) in [5.74, 6) is -0.206. The Morgan fingerprint density at radius 3 is 2.47 bits per heavy atom. The van der Waals surface area contributed by atoms with E-state index >= 15 is 0 Å². The van der Waals surface area contributed by atoms with E-state index in [0.717, 1.165) is 34.0 Å². The lowest BCUT2D eigenvalue weighted by Gasteiger charge is -2.20. The van der Waals surface area contributed by atoms with E-state index in [-0.39, 0.29) is 13.2 Å². The SMILES string of the molecule is Cc1ccc(OCc2sc(-c3ccc(C(F)(F)F)cc3)nc2C)cc1N(C)CC(=O)N=O. The number of halogens is 3. The van der Waals surface area contributed by atoms with Crippen LogP contribution in [0.3, 0.4) is 0 Å². The largest absolute Gasteiger partial charge is 0.488 e. The number of likely N-dealkylation sites (N-methyl/N-ethyl adjacent to an activating group) is 1. The predicted octanol–water partition coefficient (Wildman–Crippen LogP) is 5.75. The lowest BCUT2D eigenvalue weighted by atomic mass is 10.1. The van der Waals surface area contributed by atoms with Crippen LogP contribution in [-0.4, -0.2) is 24.5 Å². The quantitative estimate of drug-likeness (QED) is 0.417. The van der Waals surface area contributed by atoms with Gasteiger partial charge in [-0.2, -0.15) is 13.2 Å². The summed E-state index contributed by atoms with van der Waals surface area (Å²) in [5.41, 5.74) is 2.26. The van der Waals surface area contributed by atoms with Crippen LogP contribution in [0.1, 0.15) is 21.7 Å². The second-order valence-electron chi connectivity index (χ2n) is 7.18. The van der Waals surface area contributed by atoms with Gasteiger partial charge in [0.2, 0.25) is 0 Å². The van der Waals surface area contributed by atoms with Crippen LogP contribution in [0.4, 0.5) is 18.9 Å². The average Bonchev–Trinajstić information content (AvgIpc) is 3.13. The molecule has 0 aliphatic rings. The van der Waals surface area contributed by atoms with Gasteiger partial charge >= 0.3 is 12.1 Å². The first-order valence-corrected chi connectivity index (χ1v) is 10.3. The molecule has 168 valence electrons.